The molecular weight excluding hydrogens is 414 g/mol. The minimum atomic E-state index is -1.51. The molecule has 0 bridgehead atoms. The molecule has 0 aromatic rings. The van der Waals surface area contributed by atoms with E-state index in [1.54, 1.807) is 13.8 Å². The number of carboxylic acids is 2. The standard InChI is InChI=1S/C17H33N7O7/c1-8(2)12(18)14(27)24(11(16(30)31)5-4-6-21-17(19)20)23-10(7-25)13(26)22-9(3)15(28)29/h8-12,23,25H,4-7,18H2,1-3H3,(H,22,26)(H,28,29)(H,30,31)(H4,19,20,21)/t9-,10-,11-,12-/m0/s1. The Morgan fingerprint density at radius 3 is 2.10 bits per heavy atom. The van der Waals surface area contributed by atoms with Gasteiger partial charge < -0.3 is 37.4 Å². The molecule has 14 heteroatoms. The van der Waals surface area contributed by atoms with Crippen LogP contribution in [-0.2, 0) is 19.2 Å². The molecule has 0 aromatic heterocycles. The van der Waals surface area contributed by atoms with Crippen LogP contribution in [0.4, 0.5) is 0 Å². The van der Waals surface area contributed by atoms with Gasteiger partial charge in [-0.05, 0) is 25.7 Å². The summed E-state index contributed by atoms with van der Waals surface area (Å²) < 4.78 is 0. The normalized spacial score (nSPS) is 14.8. The third-order valence-electron chi connectivity index (χ3n) is 4.33. The van der Waals surface area contributed by atoms with Gasteiger partial charge in [-0.3, -0.25) is 24.8 Å². The summed E-state index contributed by atoms with van der Waals surface area (Å²) >= 11 is 0. The first-order valence-electron chi connectivity index (χ1n) is 9.62. The van der Waals surface area contributed by atoms with Gasteiger partial charge in [0.25, 0.3) is 5.91 Å². The van der Waals surface area contributed by atoms with Crippen molar-refractivity contribution >= 4 is 29.7 Å². The number of nitrogens with one attached hydrogen (secondary N) is 4. The van der Waals surface area contributed by atoms with Crippen LogP contribution in [0.5, 0.6) is 0 Å². The van der Waals surface area contributed by atoms with Gasteiger partial charge in [-0.1, -0.05) is 13.8 Å². The van der Waals surface area contributed by atoms with E-state index in [1.165, 1.54) is 6.92 Å². The second-order valence-electron chi connectivity index (χ2n) is 7.25. The third kappa shape index (κ3) is 9.59. The number of nitrogens with zero attached hydrogens (tertiary/aromatic N) is 1. The number of hydrogen-bond acceptors (Lipinski definition) is 8. The number of carbonyl (C=O) groups is 4. The first kappa shape index (κ1) is 28.0. The Balaban J connectivity index is 5.69. The molecule has 0 spiro atoms. The Labute approximate surface area is 179 Å². The van der Waals surface area contributed by atoms with Crippen LogP contribution in [0.1, 0.15) is 33.6 Å². The minimum absolute atomic E-state index is 0.0928. The maximum absolute atomic E-state index is 12.9. The monoisotopic (exact) mass is 447 g/mol. The number of amides is 2. The molecular formula is C17H33N7O7. The highest BCUT2D eigenvalue weighted by Crippen LogP contribution is 2.11. The Morgan fingerprint density at radius 1 is 1.10 bits per heavy atom. The summed E-state index contributed by atoms with van der Waals surface area (Å²) in [7, 11) is 0. The summed E-state index contributed by atoms with van der Waals surface area (Å²) in [5.74, 6) is -5.14. The number of guanidine groups is 1. The molecule has 0 aliphatic heterocycles. The van der Waals surface area contributed by atoms with E-state index in [9.17, 15) is 29.4 Å². The molecule has 0 aromatic carbocycles. The minimum Gasteiger partial charge on any atom is -0.480 e. The zero-order chi connectivity index (χ0) is 24.3. The third-order valence-corrected chi connectivity index (χ3v) is 4.33. The molecule has 31 heavy (non-hydrogen) atoms. The van der Waals surface area contributed by atoms with Gasteiger partial charge >= 0.3 is 11.9 Å². The van der Waals surface area contributed by atoms with Crippen LogP contribution in [0.15, 0.2) is 0 Å². The van der Waals surface area contributed by atoms with Crippen molar-refractivity contribution in [1.29, 1.82) is 5.41 Å². The van der Waals surface area contributed by atoms with Gasteiger partial charge in [0.1, 0.15) is 18.1 Å². The average molecular weight is 447 g/mol. The molecule has 11 N–H and O–H groups in total. The van der Waals surface area contributed by atoms with E-state index in [4.69, 9.17) is 22.0 Å². The summed E-state index contributed by atoms with van der Waals surface area (Å²) in [6.07, 6.45) is 0.107. The Bertz CT molecular complexity index is 659. The molecule has 0 heterocycles. The number of aliphatic hydroxyl groups is 1. The lowest BCUT2D eigenvalue weighted by Gasteiger charge is -2.35. The quantitative estimate of drug-likeness (QED) is 0.0561. The number of carbonyl (C=O) groups excluding carboxylic acids is 2. The van der Waals surface area contributed by atoms with E-state index in [1.807, 2.05) is 0 Å². The molecule has 0 fully saturated rings. The first-order chi connectivity index (χ1) is 14.3. The molecule has 0 rings (SSSR count). The molecule has 0 saturated heterocycles. The summed E-state index contributed by atoms with van der Waals surface area (Å²) in [4.78, 5) is 48.0. The molecule has 0 saturated carbocycles. The molecule has 0 aliphatic rings. The van der Waals surface area contributed by atoms with Crippen molar-refractivity contribution in [3.63, 3.8) is 0 Å². The zero-order valence-electron chi connectivity index (χ0n) is 17.8. The van der Waals surface area contributed by atoms with E-state index in [0.29, 0.717) is 5.01 Å². The maximum atomic E-state index is 12.9. The van der Waals surface area contributed by atoms with Crippen molar-refractivity contribution in [2.45, 2.75) is 57.8 Å². The number of aliphatic carboxylic acids is 2. The van der Waals surface area contributed by atoms with Crippen LogP contribution in [0, 0.1) is 11.3 Å². The zero-order valence-corrected chi connectivity index (χ0v) is 17.8. The number of rotatable bonds is 14. The Morgan fingerprint density at radius 2 is 1.68 bits per heavy atom. The van der Waals surface area contributed by atoms with Gasteiger partial charge in [0, 0.05) is 6.54 Å². The molecule has 0 unspecified atom stereocenters. The van der Waals surface area contributed by atoms with Gasteiger partial charge in [0.15, 0.2) is 5.96 Å². The van der Waals surface area contributed by atoms with E-state index in [0.717, 1.165) is 0 Å². The molecule has 0 aliphatic carbocycles. The summed E-state index contributed by atoms with van der Waals surface area (Å²) in [5, 5.41) is 40.6. The fourth-order valence-electron chi connectivity index (χ4n) is 2.36. The number of hydrazine groups is 1. The van der Waals surface area contributed by atoms with Crippen LogP contribution in [0.3, 0.4) is 0 Å². The van der Waals surface area contributed by atoms with Crippen molar-refractivity contribution in [2.75, 3.05) is 13.2 Å². The van der Waals surface area contributed by atoms with Crippen molar-refractivity contribution in [3.05, 3.63) is 0 Å². The second kappa shape index (κ2) is 13.4. The molecule has 4 atom stereocenters. The number of aliphatic hydroxyl groups excluding tert-OH is 1. The summed E-state index contributed by atoms with van der Waals surface area (Å²) in [5.41, 5.74) is 13.5. The van der Waals surface area contributed by atoms with Crippen LogP contribution >= 0.6 is 0 Å². The van der Waals surface area contributed by atoms with Gasteiger partial charge in [0.05, 0.1) is 12.6 Å². The predicted octanol–water partition coefficient (Wildman–Crippen LogP) is -3.03. The van der Waals surface area contributed by atoms with Crippen molar-refractivity contribution < 1.29 is 34.5 Å². The predicted molar refractivity (Wildman–Crippen MR) is 109 cm³/mol. The van der Waals surface area contributed by atoms with Crippen LogP contribution in [-0.4, -0.2) is 87.4 Å². The van der Waals surface area contributed by atoms with Gasteiger partial charge in [0.2, 0.25) is 5.91 Å². The van der Waals surface area contributed by atoms with Crippen LogP contribution in [0.25, 0.3) is 0 Å². The van der Waals surface area contributed by atoms with Gasteiger partial charge in [-0.25, -0.2) is 10.2 Å². The highest BCUT2D eigenvalue weighted by molar-refractivity contribution is 5.89. The lowest BCUT2D eigenvalue weighted by atomic mass is 10.0. The fraction of sp³-hybridized carbons (Fsp3) is 0.706. The number of carboxylic acid groups (broad SMARTS) is 2. The maximum Gasteiger partial charge on any atom is 0.328 e. The van der Waals surface area contributed by atoms with Crippen molar-refractivity contribution in [2.24, 2.45) is 17.4 Å². The lowest BCUT2D eigenvalue weighted by Crippen LogP contribution is -2.64. The highest BCUT2D eigenvalue weighted by atomic mass is 16.4. The topological polar surface area (TPSA) is 244 Å². The smallest absolute Gasteiger partial charge is 0.328 e. The summed E-state index contributed by atoms with van der Waals surface area (Å²) in [6, 6.07) is -5.37. The molecule has 2 amide bonds. The van der Waals surface area contributed by atoms with E-state index in [-0.39, 0.29) is 31.3 Å². The highest BCUT2D eigenvalue weighted by Gasteiger charge is 2.36. The van der Waals surface area contributed by atoms with Gasteiger partial charge in [-0.15, -0.1) is 0 Å². The number of nitrogens with two attached hydrogens (primary N) is 2. The van der Waals surface area contributed by atoms with Gasteiger partial charge in [-0.2, -0.15) is 0 Å². The Hall–Kier alpha value is -2.97. The molecule has 14 nitrogen and oxygen atoms in total. The number of hydrogen-bond donors (Lipinski definition) is 9. The van der Waals surface area contributed by atoms with Crippen molar-refractivity contribution in [1.82, 2.24) is 21.1 Å². The Kier molecular flexibility index (Phi) is 12.1. The van der Waals surface area contributed by atoms with E-state index in [2.05, 4.69) is 16.1 Å². The van der Waals surface area contributed by atoms with Crippen LogP contribution < -0.4 is 27.5 Å². The second-order valence-corrected chi connectivity index (χ2v) is 7.25. The lowest BCUT2D eigenvalue weighted by molar-refractivity contribution is -0.157. The van der Waals surface area contributed by atoms with Crippen LogP contribution in [0.2, 0.25) is 0 Å². The van der Waals surface area contributed by atoms with Crippen molar-refractivity contribution in [3.8, 4) is 0 Å². The molecule has 178 valence electrons. The fourth-order valence-corrected chi connectivity index (χ4v) is 2.36. The average Bonchev–Trinajstić information content (AvgIpc) is 2.67. The molecule has 0 radical (unpaired) electrons. The largest absolute Gasteiger partial charge is 0.480 e. The SMILES string of the molecule is CC(C)[C@H](N)C(=O)N(N[C@@H](CO)C(=O)N[C@@H](C)C(=O)O)[C@@H](CCCNC(=N)N)C(=O)O. The first-order valence-corrected chi connectivity index (χ1v) is 9.62. The van der Waals surface area contributed by atoms with E-state index >= 15 is 0 Å². The summed E-state index contributed by atoms with van der Waals surface area (Å²) in [6.45, 7) is 3.82. The van der Waals surface area contributed by atoms with E-state index < -0.39 is 54.5 Å².